The minimum atomic E-state index is 0.907. The van der Waals surface area contributed by atoms with Gasteiger partial charge in [-0.1, -0.05) is 35.5 Å². The summed E-state index contributed by atoms with van der Waals surface area (Å²) in [5, 5.41) is 3.95. The number of hydrogen-bond donors (Lipinski definition) is 0. The van der Waals surface area contributed by atoms with Gasteiger partial charge in [0.2, 0.25) is 0 Å². The highest BCUT2D eigenvalue weighted by Gasteiger charge is 2.09. The fourth-order valence-electron chi connectivity index (χ4n) is 1.51. The number of fused-ring (bicyclic) bond motifs is 1. The Kier molecular flexibility index (Phi) is 2.13. The van der Waals surface area contributed by atoms with Gasteiger partial charge in [-0.15, -0.1) is 0 Å². The molecule has 0 N–H and O–H groups in total. The molecule has 0 amide bonds. The van der Waals surface area contributed by atoms with Crippen LogP contribution in [-0.4, -0.2) is 12.8 Å². The first kappa shape index (κ1) is 8.05. The Bertz CT molecular complexity index is 366. The Labute approximate surface area is 77.5 Å². The molecular weight excluding hydrogens is 162 g/mol. The van der Waals surface area contributed by atoms with Crippen molar-refractivity contribution >= 4 is 5.71 Å². The van der Waals surface area contributed by atoms with E-state index < -0.39 is 0 Å². The van der Waals surface area contributed by atoms with Gasteiger partial charge >= 0.3 is 0 Å². The Balaban J connectivity index is 2.48. The van der Waals surface area contributed by atoms with E-state index in [-0.39, 0.29) is 0 Å². The quantitative estimate of drug-likeness (QED) is 0.596. The first-order valence-electron chi connectivity index (χ1n) is 4.28. The molecule has 0 atom stereocenters. The van der Waals surface area contributed by atoms with Crippen LogP contribution in [0.5, 0.6) is 0 Å². The monoisotopic (exact) mass is 173 g/mol. The Morgan fingerprint density at radius 3 is 3.00 bits per heavy atom. The minimum Gasteiger partial charge on any atom is -0.399 e. The standard InChI is InChI=1S/C11H11NO/c1-13-12-11-8-4-6-9-5-2-3-7-10(9)11/h2-5,7-8H,6H2,1H3. The van der Waals surface area contributed by atoms with E-state index in [2.05, 4.69) is 23.4 Å². The van der Waals surface area contributed by atoms with Crippen LogP contribution in [-0.2, 0) is 11.3 Å². The van der Waals surface area contributed by atoms with Crippen LogP contribution in [0.4, 0.5) is 0 Å². The summed E-state index contributed by atoms with van der Waals surface area (Å²) in [5.74, 6) is 0. The summed E-state index contributed by atoms with van der Waals surface area (Å²) in [4.78, 5) is 4.77. The molecule has 0 radical (unpaired) electrons. The maximum atomic E-state index is 4.77. The average molecular weight is 173 g/mol. The fraction of sp³-hybridized carbons (Fsp3) is 0.182. The molecule has 0 aromatic heterocycles. The Morgan fingerprint density at radius 2 is 2.15 bits per heavy atom. The number of allylic oxidation sites excluding steroid dienone is 2. The van der Waals surface area contributed by atoms with Gasteiger partial charge in [0.1, 0.15) is 12.8 Å². The molecule has 0 spiro atoms. The van der Waals surface area contributed by atoms with E-state index >= 15 is 0 Å². The third kappa shape index (κ3) is 1.47. The third-order valence-electron chi connectivity index (χ3n) is 2.10. The van der Waals surface area contributed by atoms with E-state index in [1.807, 2.05) is 18.2 Å². The van der Waals surface area contributed by atoms with Crippen molar-refractivity contribution in [1.29, 1.82) is 0 Å². The molecule has 0 bridgehead atoms. The summed E-state index contributed by atoms with van der Waals surface area (Å²) in [7, 11) is 1.57. The minimum absolute atomic E-state index is 0.907. The molecule has 0 saturated carbocycles. The lowest BCUT2D eigenvalue weighted by Crippen LogP contribution is -2.06. The number of benzene rings is 1. The van der Waals surface area contributed by atoms with Gasteiger partial charge < -0.3 is 4.84 Å². The van der Waals surface area contributed by atoms with Crippen LogP contribution >= 0.6 is 0 Å². The zero-order valence-electron chi connectivity index (χ0n) is 7.53. The van der Waals surface area contributed by atoms with Gasteiger partial charge in [0.05, 0.1) is 0 Å². The molecule has 1 aromatic carbocycles. The molecule has 0 fully saturated rings. The molecule has 0 unspecified atom stereocenters. The van der Waals surface area contributed by atoms with Crippen molar-refractivity contribution in [2.24, 2.45) is 5.16 Å². The van der Waals surface area contributed by atoms with Crippen molar-refractivity contribution in [2.45, 2.75) is 6.42 Å². The average Bonchev–Trinajstić information content (AvgIpc) is 2.19. The van der Waals surface area contributed by atoms with E-state index in [1.165, 1.54) is 11.1 Å². The highest BCUT2D eigenvalue weighted by Crippen LogP contribution is 2.16. The Morgan fingerprint density at radius 1 is 1.31 bits per heavy atom. The zero-order chi connectivity index (χ0) is 9.10. The van der Waals surface area contributed by atoms with Crippen molar-refractivity contribution in [3.63, 3.8) is 0 Å². The number of oxime groups is 1. The second kappa shape index (κ2) is 3.44. The first-order valence-corrected chi connectivity index (χ1v) is 4.28. The van der Waals surface area contributed by atoms with Crippen LogP contribution in [0.15, 0.2) is 41.6 Å². The molecule has 66 valence electrons. The highest BCUT2D eigenvalue weighted by atomic mass is 16.6. The zero-order valence-corrected chi connectivity index (χ0v) is 7.53. The van der Waals surface area contributed by atoms with E-state index in [1.54, 1.807) is 7.11 Å². The van der Waals surface area contributed by atoms with Gasteiger partial charge in [-0.05, 0) is 18.1 Å². The van der Waals surface area contributed by atoms with Crippen molar-refractivity contribution < 1.29 is 4.84 Å². The van der Waals surface area contributed by atoms with Crippen molar-refractivity contribution in [3.05, 3.63) is 47.5 Å². The smallest absolute Gasteiger partial charge is 0.110 e. The van der Waals surface area contributed by atoms with Crippen LogP contribution in [0.25, 0.3) is 0 Å². The number of nitrogens with zero attached hydrogens (tertiary/aromatic N) is 1. The van der Waals surface area contributed by atoms with Gasteiger partial charge in [-0.3, -0.25) is 0 Å². The molecule has 1 aromatic rings. The van der Waals surface area contributed by atoms with E-state index in [4.69, 9.17) is 4.84 Å². The van der Waals surface area contributed by atoms with Gasteiger partial charge in [0, 0.05) is 5.56 Å². The molecule has 0 heterocycles. The molecule has 0 saturated heterocycles. The second-order valence-electron chi connectivity index (χ2n) is 2.92. The van der Waals surface area contributed by atoms with Crippen molar-refractivity contribution in [2.75, 3.05) is 7.11 Å². The SMILES string of the molecule is CON=C1C=CCc2ccccc21. The van der Waals surface area contributed by atoms with E-state index in [0.717, 1.165) is 12.1 Å². The molecule has 0 aliphatic heterocycles. The predicted molar refractivity (Wildman–Crippen MR) is 52.8 cm³/mol. The highest BCUT2D eigenvalue weighted by molar-refractivity contribution is 6.10. The normalized spacial score (nSPS) is 17.2. The number of hydrogen-bond acceptors (Lipinski definition) is 2. The lowest BCUT2D eigenvalue weighted by atomic mass is 9.96. The molecule has 1 aliphatic rings. The fourth-order valence-corrected chi connectivity index (χ4v) is 1.51. The maximum absolute atomic E-state index is 4.77. The first-order chi connectivity index (χ1) is 6.42. The molecule has 2 heteroatoms. The van der Waals surface area contributed by atoms with Gasteiger partial charge in [0.15, 0.2) is 0 Å². The molecule has 2 nitrogen and oxygen atoms in total. The van der Waals surface area contributed by atoms with Gasteiger partial charge in [0.25, 0.3) is 0 Å². The number of rotatable bonds is 1. The third-order valence-corrected chi connectivity index (χ3v) is 2.10. The van der Waals surface area contributed by atoms with Crippen molar-refractivity contribution in [3.8, 4) is 0 Å². The summed E-state index contributed by atoms with van der Waals surface area (Å²) in [5.41, 5.74) is 3.39. The Hall–Kier alpha value is -1.57. The lowest BCUT2D eigenvalue weighted by molar-refractivity contribution is 0.214. The van der Waals surface area contributed by atoms with Gasteiger partial charge in [-0.2, -0.15) is 0 Å². The lowest BCUT2D eigenvalue weighted by Gasteiger charge is -2.11. The van der Waals surface area contributed by atoms with Crippen molar-refractivity contribution in [1.82, 2.24) is 0 Å². The molecule has 13 heavy (non-hydrogen) atoms. The molecular formula is C11H11NO. The predicted octanol–water partition coefficient (Wildman–Crippen LogP) is 2.15. The van der Waals surface area contributed by atoms with Crippen LogP contribution in [0, 0.1) is 0 Å². The largest absolute Gasteiger partial charge is 0.399 e. The summed E-state index contributed by atoms with van der Waals surface area (Å²) < 4.78 is 0. The van der Waals surface area contributed by atoms with Crippen LogP contribution in [0.2, 0.25) is 0 Å². The molecule has 2 rings (SSSR count). The summed E-state index contributed by atoms with van der Waals surface area (Å²) >= 11 is 0. The van der Waals surface area contributed by atoms with Gasteiger partial charge in [-0.25, -0.2) is 0 Å². The second-order valence-corrected chi connectivity index (χ2v) is 2.92. The topological polar surface area (TPSA) is 21.6 Å². The van der Waals surface area contributed by atoms with Crippen LogP contribution in [0.1, 0.15) is 11.1 Å². The van der Waals surface area contributed by atoms with Crippen LogP contribution in [0.3, 0.4) is 0 Å². The molecule has 1 aliphatic carbocycles. The maximum Gasteiger partial charge on any atom is 0.110 e. The summed E-state index contributed by atoms with van der Waals surface area (Å²) in [6, 6.07) is 8.24. The summed E-state index contributed by atoms with van der Waals surface area (Å²) in [6.45, 7) is 0. The van der Waals surface area contributed by atoms with E-state index in [0.29, 0.717) is 0 Å². The van der Waals surface area contributed by atoms with E-state index in [9.17, 15) is 0 Å². The summed E-state index contributed by atoms with van der Waals surface area (Å²) in [6.07, 6.45) is 5.07. The van der Waals surface area contributed by atoms with Crippen LogP contribution < -0.4 is 0 Å².